The molecule has 0 bridgehead atoms. The number of piperidine rings is 1. The Morgan fingerprint density at radius 2 is 1.80 bits per heavy atom. The Hall–Kier alpha value is -2.58. The lowest BCUT2D eigenvalue weighted by molar-refractivity contribution is 0.0210. The van der Waals surface area contributed by atoms with Crippen LogP contribution in [0, 0.1) is 11.3 Å². The zero-order valence-electron chi connectivity index (χ0n) is 18.6. The van der Waals surface area contributed by atoms with E-state index in [4.69, 9.17) is 9.47 Å². The molecule has 1 saturated heterocycles. The largest absolute Gasteiger partial charge is 0.471 e. The van der Waals surface area contributed by atoms with Gasteiger partial charge in [-0.1, -0.05) is 12.1 Å². The minimum absolute atomic E-state index is 0.185. The van der Waals surface area contributed by atoms with Crippen molar-refractivity contribution in [3.8, 4) is 23.1 Å². The fourth-order valence-electron chi connectivity index (χ4n) is 3.73. The molecule has 0 radical (unpaired) electrons. The number of hydrogen-bond acceptors (Lipinski definition) is 5. The van der Waals surface area contributed by atoms with Crippen LogP contribution in [0.2, 0.25) is 0 Å². The second-order valence-electron chi connectivity index (χ2n) is 8.78. The molecule has 0 atom stereocenters. The maximum absolute atomic E-state index is 9.86. The maximum Gasteiger partial charge on any atom is 0.232 e. The third-order valence-electron chi connectivity index (χ3n) is 5.46. The molecule has 0 spiro atoms. The highest BCUT2D eigenvalue weighted by Gasteiger charge is 2.24. The topological polar surface area (TPSA) is 58.4 Å². The molecular formula is C25H33N3O2. The number of nitrogens with zero attached hydrogens (tertiary/aromatic N) is 3. The molecule has 0 N–H and O–H groups in total. The van der Waals surface area contributed by atoms with E-state index in [1.165, 1.54) is 24.9 Å². The number of aromatic nitrogens is 1. The van der Waals surface area contributed by atoms with E-state index in [2.05, 4.69) is 40.2 Å². The standard InChI is InChI=1S/C25H33N3O2/c1-19(2)29-17-13-25(3,4)30-24-23(18-26)22(12-14-27-24)20-8-10-21(11-9-20)28-15-6-5-7-16-28/h8-12,14,19H,5-7,13,15-17H2,1-4H3. The summed E-state index contributed by atoms with van der Waals surface area (Å²) in [7, 11) is 0. The highest BCUT2D eigenvalue weighted by atomic mass is 16.5. The van der Waals surface area contributed by atoms with Gasteiger partial charge in [0.1, 0.15) is 17.2 Å². The molecule has 0 saturated carbocycles. The quantitative estimate of drug-likeness (QED) is 0.571. The summed E-state index contributed by atoms with van der Waals surface area (Å²) in [4.78, 5) is 6.79. The monoisotopic (exact) mass is 407 g/mol. The molecule has 0 unspecified atom stereocenters. The van der Waals surface area contributed by atoms with E-state index >= 15 is 0 Å². The summed E-state index contributed by atoms with van der Waals surface area (Å²) < 4.78 is 11.8. The van der Waals surface area contributed by atoms with Crippen LogP contribution in [0.3, 0.4) is 0 Å². The first kappa shape index (κ1) is 22.1. The summed E-state index contributed by atoms with van der Waals surface area (Å²) in [5, 5.41) is 9.86. The molecule has 2 aromatic rings. The second-order valence-corrected chi connectivity index (χ2v) is 8.78. The van der Waals surface area contributed by atoms with Crippen molar-refractivity contribution in [3.05, 3.63) is 42.1 Å². The van der Waals surface area contributed by atoms with E-state index in [1.807, 2.05) is 33.8 Å². The van der Waals surface area contributed by atoms with Crippen molar-refractivity contribution in [2.45, 2.75) is 65.1 Å². The van der Waals surface area contributed by atoms with E-state index in [0.717, 1.165) is 24.2 Å². The van der Waals surface area contributed by atoms with Crippen molar-refractivity contribution in [3.63, 3.8) is 0 Å². The van der Waals surface area contributed by atoms with Gasteiger partial charge in [-0.25, -0.2) is 4.98 Å². The third kappa shape index (κ3) is 5.73. The molecule has 30 heavy (non-hydrogen) atoms. The maximum atomic E-state index is 9.86. The van der Waals surface area contributed by atoms with Gasteiger partial charge in [-0.15, -0.1) is 0 Å². The zero-order chi connectivity index (χ0) is 21.6. The van der Waals surface area contributed by atoms with Gasteiger partial charge in [-0.3, -0.25) is 0 Å². The summed E-state index contributed by atoms with van der Waals surface area (Å²) in [5.41, 5.74) is 3.09. The Bertz CT molecular complexity index is 863. The average molecular weight is 408 g/mol. The van der Waals surface area contributed by atoms with Crippen LogP contribution in [-0.4, -0.2) is 36.4 Å². The molecule has 1 aromatic heterocycles. The van der Waals surface area contributed by atoms with Gasteiger partial charge >= 0.3 is 0 Å². The number of pyridine rings is 1. The Morgan fingerprint density at radius 1 is 1.10 bits per heavy atom. The van der Waals surface area contributed by atoms with Crippen LogP contribution in [0.15, 0.2) is 36.5 Å². The first-order chi connectivity index (χ1) is 14.4. The highest BCUT2D eigenvalue weighted by Crippen LogP contribution is 2.32. The SMILES string of the molecule is CC(C)OCCC(C)(C)Oc1nccc(-c2ccc(N3CCCCC3)cc2)c1C#N. The average Bonchev–Trinajstić information content (AvgIpc) is 2.73. The minimum atomic E-state index is -0.482. The Morgan fingerprint density at radius 3 is 2.43 bits per heavy atom. The zero-order valence-corrected chi connectivity index (χ0v) is 18.6. The predicted molar refractivity (Wildman–Crippen MR) is 121 cm³/mol. The van der Waals surface area contributed by atoms with Gasteiger partial charge in [-0.2, -0.15) is 5.26 Å². The molecule has 1 fully saturated rings. The van der Waals surface area contributed by atoms with Gasteiger partial charge in [0.05, 0.1) is 12.7 Å². The Kier molecular flexibility index (Phi) is 7.33. The summed E-state index contributed by atoms with van der Waals surface area (Å²) in [6.07, 6.45) is 6.44. The lowest BCUT2D eigenvalue weighted by Crippen LogP contribution is -2.31. The van der Waals surface area contributed by atoms with E-state index in [0.29, 0.717) is 24.5 Å². The van der Waals surface area contributed by atoms with Gasteiger partial charge < -0.3 is 14.4 Å². The van der Waals surface area contributed by atoms with Crippen molar-refractivity contribution in [1.82, 2.24) is 4.98 Å². The minimum Gasteiger partial charge on any atom is -0.471 e. The van der Waals surface area contributed by atoms with Gasteiger partial charge in [0.15, 0.2) is 0 Å². The van der Waals surface area contributed by atoms with Crippen molar-refractivity contribution in [1.29, 1.82) is 5.26 Å². The van der Waals surface area contributed by atoms with Crippen LogP contribution >= 0.6 is 0 Å². The van der Waals surface area contributed by atoms with Crippen LogP contribution in [-0.2, 0) is 4.74 Å². The van der Waals surface area contributed by atoms with E-state index in [9.17, 15) is 5.26 Å². The Balaban J connectivity index is 1.79. The fraction of sp³-hybridized carbons (Fsp3) is 0.520. The lowest BCUT2D eigenvalue weighted by Gasteiger charge is -2.29. The smallest absolute Gasteiger partial charge is 0.232 e. The van der Waals surface area contributed by atoms with Gasteiger partial charge in [0.25, 0.3) is 0 Å². The number of ether oxygens (including phenoxy) is 2. The number of hydrogen-bond donors (Lipinski definition) is 0. The first-order valence-corrected chi connectivity index (χ1v) is 10.9. The lowest BCUT2D eigenvalue weighted by atomic mass is 10.0. The summed E-state index contributed by atoms with van der Waals surface area (Å²) in [6.45, 7) is 10.9. The number of nitriles is 1. The molecule has 1 aliphatic rings. The van der Waals surface area contributed by atoms with Crippen molar-refractivity contribution in [2.24, 2.45) is 0 Å². The number of anilines is 1. The summed E-state index contributed by atoms with van der Waals surface area (Å²) in [5.74, 6) is 0.379. The summed E-state index contributed by atoms with van der Waals surface area (Å²) >= 11 is 0. The highest BCUT2D eigenvalue weighted by molar-refractivity contribution is 5.73. The molecule has 2 heterocycles. The van der Waals surface area contributed by atoms with E-state index < -0.39 is 5.60 Å². The first-order valence-electron chi connectivity index (χ1n) is 10.9. The molecule has 160 valence electrons. The fourth-order valence-corrected chi connectivity index (χ4v) is 3.73. The number of rotatable bonds is 8. The molecule has 1 aliphatic heterocycles. The molecule has 0 aliphatic carbocycles. The van der Waals surface area contributed by atoms with Gasteiger partial charge in [0.2, 0.25) is 5.88 Å². The molecule has 5 heteroatoms. The molecule has 1 aromatic carbocycles. The number of benzene rings is 1. The van der Waals surface area contributed by atoms with Crippen molar-refractivity contribution < 1.29 is 9.47 Å². The van der Waals surface area contributed by atoms with Crippen LogP contribution in [0.1, 0.15) is 58.9 Å². The van der Waals surface area contributed by atoms with E-state index in [-0.39, 0.29) is 6.10 Å². The molecule has 3 rings (SSSR count). The van der Waals surface area contributed by atoms with Crippen molar-refractivity contribution in [2.75, 3.05) is 24.6 Å². The molecular weight excluding hydrogens is 374 g/mol. The third-order valence-corrected chi connectivity index (χ3v) is 5.46. The van der Waals surface area contributed by atoms with Crippen LogP contribution in [0.5, 0.6) is 5.88 Å². The van der Waals surface area contributed by atoms with E-state index in [1.54, 1.807) is 6.20 Å². The predicted octanol–water partition coefficient (Wildman–Crippen LogP) is 5.58. The molecule has 5 nitrogen and oxygen atoms in total. The summed E-state index contributed by atoms with van der Waals surface area (Å²) in [6, 6.07) is 12.7. The Labute approximate surface area is 180 Å². The van der Waals surface area contributed by atoms with Crippen LogP contribution in [0.4, 0.5) is 5.69 Å². The van der Waals surface area contributed by atoms with Crippen molar-refractivity contribution >= 4 is 5.69 Å². The van der Waals surface area contributed by atoms with Crippen LogP contribution in [0.25, 0.3) is 11.1 Å². The second kappa shape index (κ2) is 9.95. The normalized spacial score (nSPS) is 14.6. The van der Waals surface area contributed by atoms with Gasteiger partial charge in [-0.05, 0) is 70.7 Å². The van der Waals surface area contributed by atoms with Gasteiger partial charge in [0, 0.05) is 37.0 Å². The van der Waals surface area contributed by atoms with Crippen LogP contribution < -0.4 is 9.64 Å². The molecule has 0 amide bonds.